The van der Waals surface area contributed by atoms with Crippen LogP contribution in [0.2, 0.25) is 0 Å². The van der Waals surface area contributed by atoms with Crippen LogP contribution in [0, 0.1) is 0 Å². The highest BCUT2D eigenvalue weighted by Crippen LogP contribution is 2.33. The molecule has 3 fully saturated rings. The van der Waals surface area contributed by atoms with Crippen molar-refractivity contribution in [3.05, 3.63) is 29.8 Å². The maximum Gasteiger partial charge on any atom is 0.573 e. The van der Waals surface area contributed by atoms with E-state index in [0.717, 1.165) is 43.3 Å². The molecule has 3 aliphatic rings. The molecule has 0 saturated carbocycles. The lowest BCUT2D eigenvalue weighted by atomic mass is 10.1. The van der Waals surface area contributed by atoms with Crippen molar-refractivity contribution in [2.24, 2.45) is 0 Å². The summed E-state index contributed by atoms with van der Waals surface area (Å²) in [5.74, 6) is -1.03. The molecule has 0 aliphatic carbocycles. The Balaban J connectivity index is 1.31. The molecule has 34 heavy (non-hydrogen) atoms. The van der Waals surface area contributed by atoms with Gasteiger partial charge in [-0.25, -0.2) is 9.69 Å². The molecule has 3 aliphatic heterocycles. The summed E-state index contributed by atoms with van der Waals surface area (Å²) in [6, 6.07) is 3.35. The third-order valence-corrected chi connectivity index (χ3v) is 6.36. The number of piperazine rings is 1. The molecule has 4 amide bonds. The molecule has 1 N–H and O–H groups in total. The number of carbonyl (C=O) groups is 3. The summed E-state index contributed by atoms with van der Waals surface area (Å²) in [5, 5.41) is 2.46. The summed E-state index contributed by atoms with van der Waals surface area (Å²) in [7, 11) is 0. The molecule has 0 aromatic heterocycles. The molecule has 3 heterocycles. The van der Waals surface area contributed by atoms with E-state index in [2.05, 4.69) is 15.0 Å². The van der Waals surface area contributed by atoms with Crippen LogP contribution in [0.15, 0.2) is 24.3 Å². The number of ether oxygens (including phenoxy) is 1. The molecule has 1 atom stereocenters. The Morgan fingerprint density at radius 1 is 0.971 bits per heavy atom. The maximum absolute atomic E-state index is 12.9. The number of alkyl halides is 3. The van der Waals surface area contributed by atoms with E-state index in [1.807, 2.05) is 9.80 Å². The largest absolute Gasteiger partial charge is 0.573 e. The Hall–Kier alpha value is -2.86. The number of carbonyl (C=O) groups excluding carboxylic acids is 3. The van der Waals surface area contributed by atoms with Crippen molar-refractivity contribution in [1.29, 1.82) is 0 Å². The van der Waals surface area contributed by atoms with Gasteiger partial charge in [0, 0.05) is 44.8 Å². The number of imide groups is 1. The number of nitrogens with one attached hydrogen (secondary N) is 1. The van der Waals surface area contributed by atoms with E-state index >= 15 is 0 Å². The number of hydrogen-bond acceptors (Lipinski definition) is 6. The van der Waals surface area contributed by atoms with Crippen molar-refractivity contribution in [3.63, 3.8) is 0 Å². The summed E-state index contributed by atoms with van der Waals surface area (Å²) in [6.07, 6.45) is -1.68. The third kappa shape index (κ3) is 5.79. The van der Waals surface area contributed by atoms with E-state index in [-0.39, 0.29) is 18.1 Å². The molecular formula is C22H28F3N5O4. The summed E-state index contributed by atoms with van der Waals surface area (Å²) in [5.41, 5.74) is -0.0540. The predicted molar refractivity (Wildman–Crippen MR) is 115 cm³/mol. The highest BCUT2D eigenvalue weighted by atomic mass is 19.4. The van der Waals surface area contributed by atoms with E-state index in [9.17, 15) is 27.6 Å². The minimum atomic E-state index is -4.92. The number of likely N-dealkylation sites (tertiary alicyclic amines) is 1. The van der Waals surface area contributed by atoms with Crippen LogP contribution in [0.1, 0.15) is 30.9 Å². The van der Waals surface area contributed by atoms with Gasteiger partial charge in [0.25, 0.3) is 5.91 Å². The Morgan fingerprint density at radius 2 is 1.62 bits per heavy atom. The van der Waals surface area contributed by atoms with Crippen LogP contribution >= 0.6 is 0 Å². The van der Waals surface area contributed by atoms with Crippen molar-refractivity contribution >= 4 is 17.8 Å². The highest BCUT2D eigenvalue weighted by molar-refractivity contribution is 6.04. The Morgan fingerprint density at radius 3 is 2.29 bits per heavy atom. The SMILES string of the molecule is O=C(CN1CCN(CN2C(=O)N[C@H](c3ccccc3OC(F)(F)F)C2=O)CC1)N1CCCCC1. The third-order valence-electron chi connectivity index (χ3n) is 6.36. The zero-order valence-corrected chi connectivity index (χ0v) is 18.7. The van der Waals surface area contributed by atoms with Crippen molar-refractivity contribution in [2.45, 2.75) is 31.7 Å². The van der Waals surface area contributed by atoms with Gasteiger partial charge in [-0.05, 0) is 25.3 Å². The van der Waals surface area contributed by atoms with Crippen molar-refractivity contribution in [3.8, 4) is 5.75 Å². The van der Waals surface area contributed by atoms with Gasteiger partial charge in [-0.15, -0.1) is 13.2 Å². The molecule has 186 valence electrons. The van der Waals surface area contributed by atoms with Gasteiger partial charge in [0.15, 0.2) is 0 Å². The molecule has 1 aromatic rings. The monoisotopic (exact) mass is 483 g/mol. The Bertz CT molecular complexity index is 914. The first-order valence-corrected chi connectivity index (χ1v) is 11.4. The quantitative estimate of drug-likeness (QED) is 0.621. The van der Waals surface area contributed by atoms with E-state index < -0.39 is 30.1 Å². The van der Waals surface area contributed by atoms with Gasteiger partial charge in [-0.2, -0.15) is 0 Å². The summed E-state index contributed by atoms with van der Waals surface area (Å²) < 4.78 is 42.3. The van der Waals surface area contributed by atoms with Crippen LogP contribution in [-0.4, -0.2) is 96.3 Å². The number of piperidine rings is 1. The number of benzene rings is 1. The van der Waals surface area contributed by atoms with Crippen LogP contribution in [0.4, 0.5) is 18.0 Å². The second kappa shape index (κ2) is 10.2. The fourth-order valence-electron chi connectivity index (χ4n) is 4.52. The standard InChI is InChI=1S/C22H28F3N5O4/c23-22(24,25)34-17-7-3-2-6-16(17)19-20(32)30(21(33)26-19)15-28-12-10-27(11-13-28)14-18(31)29-8-4-1-5-9-29/h2-3,6-7,19H,1,4-5,8-15H2,(H,26,33)/t19-/m1/s1. The van der Waals surface area contributed by atoms with Gasteiger partial charge >= 0.3 is 12.4 Å². The van der Waals surface area contributed by atoms with E-state index in [4.69, 9.17) is 0 Å². The average Bonchev–Trinajstić information content (AvgIpc) is 3.08. The number of urea groups is 1. The molecule has 1 aromatic carbocycles. The van der Waals surface area contributed by atoms with E-state index in [1.54, 1.807) is 0 Å². The van der Waals surface area contributed by atoms with E-state index in [1.165, 1.54) is 18.2 Å². The van der Waals surface area contributed by atoms with Crippen LogP contribution in [0.25, 0.3) is 0 Å². The van der Waals surface area contributed by atoms with Gasteiger partial charge in [-0.1, -0.05) is 18.2 Å². The van der Waals surface area contributed by atoms with Gasteiger partial charge in [0.05, 0.1) is 13.2 Å². The van der Waals surface area contributed by atoms with Crippen molar-refractivity contribution in [1.82, 2.24) is 24.9 Å². The second-order valence-electron chi connectivity index (χ2n) is 8.71. The fourth-order valence-corrected chi connectivity index (χ4v) is 4.52. The average molecular weight is 483 g/mol. The minimum absolute atomic E-state index is 0.0252. The van der Waals surface area contributed by atoms with Crippen LogP contribution in [-0.2, 0) is 9.59 Å². The molecule has 0 unspecified atom stereocenters. The van der Waals surface area contributed by atoms with Gasteiger partial charge in [0.1, 0.15) is 11.8 Å². The zero-order chi connectivity index (χ0) is 24.3. The van der Waals surface area contributed by atoms with Gasteiger partial charge in [0.2, 0.25) is 5.91 Å². The fraction of sp³-hybridized carbons (Fsp3) is 0.591. The van der Waals surface area contributed by atoms with E-state index in [0.29, 0.717) is 32.7 Å². The van der Waals surface area contributed by atoms with Crippen molar-refractivity contribution in [2.75, 3.05) is 52.5 Å². The summed E-state index contributed by atoms with van der Waals surface area (Å²) >= 11 is 0. The topological polar surface area (TPSA) is 85.4 Å². The predicted octanol–water partition coefficient (Wildman–Crippen LogP) is 1.77. The molecule has 4 rings (SSSR count). The van der Waals surface area contributed by atoms with Gasteiger partial charge < -0.3 is 15.0 Å². The van der Waals surface area contributed by atoms with Gasteiger partial charge in [-0.3, -0.25) is 19.4 Å². The number of halogens is 3. The number of nitrogens with zero attached hydrogens (tertiary/aromatic N) is 4. The molecule has 0 radical (unpaired) electrons. The van der Waals surface area contributed by atoms with Crippen LogP contribution in [0.5, 0.6) is 5.75 Å². The molecule has 9 nitrogen and oxygen atoms in total. The first-order valence-electron chi connectivity index (χ1n) is 11.4. The molecule has 3 saturated heterocycles. The number of hydrogen-bond donors (Lipinski definition) is 1. The second-order valence-corrected chi connectivity index (χ2v) is 8.71. The zero-order valence-electron chi connectivity index (χ0n) is 18.7. The van der Waals surface area contributed by atoms with Crippen LogP contribution in [0.3, 0.4) is 0 Å². The lowest BCUT2D eigenvalue weighted by Crippen LogP contribution is -2.53. The number of rotatable bonds is 6. The molecule has 0 bridgehead atoms. The first-order chi connectivity index (χ1) is 16.2. The highest BCUT2D eigenvalue weighted by Gasteiger charge is 2.42. The Kier molecular flexibility index (Phi) is 7.27. The number of para-hydroxylation sites is 1. The molecular weight excluding hydrogens is 455 g/mol. The summed E-state index contributed by atoms with van der Waals surface area (Å²) in [4.78, 5) is 44.7. The Labute approximate surface area is 195 Å². The summed E-state index contributed by atoms with van der Waals surface area (Å²) in [6.45, 7) is 4.36. The lowest BCUT2D eigenvalue weighted by molar-refractivity contribution is -0.275. The number of amides is 4. The first kappa shape index (κ1) is 24.3. The molecule has 12 heteroatoms. The normalized spacial score (nSPS) is 22.7. The molecule has 0 spiro atoms. The van der Waals surface area contributed by atoms with Crippen LogP contribution < -0.4 is 10.1 Å². The van der Waals surface area contributed by atoms with Crippen molar-refractivity contribution < 1.29 is 32.3 Å². The minimum Gasteiger partial charge on any atom is -0.405 e. The lowest BCUT2D eigenvalue weighted by Gasteiger charge is -2.36. The maximum atomic E-state index is 12.9. The smallest absolute Gasteiger partial charge is 0.405 e.